The van der Waals surface area contributed by atoms with Crippen molar-refractivity contribution in [3.63, 3.8) is 0 Å². The molecular weight excluding hydrogens is 200 g/mol. The highest BCUT2D eigenvalue weighted by Gasteiger charge is 2.11. The van der Waals surface area contributed by atoms with Gasteiger partial charge >= 0.3 is 0 Å². The third kappa shape index (κ3) is 2.69. The Kier molecular flexibility index (Phi) is 3.70. The third-order valence-electron chi connectivity index (χ3n) is 3.23. The zero-order chi connectivity index (χ0) is 11.4. The Morgan fingerprint density at radius 2 is 1.94 bits per heavy atom. The number of hydrogen-bond donors (Lipinski definition) is 0. The maximum absolute atomic E-state index is 5.57. The Morgan fingerprint density at radius 3 is 2.69 bits per heavy atom. The minimum atomic E-state index is 0.666. The number of ether oxygens (including phenoxy) is 2. The van der Waals surface area contributed by atoms with Crippen molar-refractivity contribution in [3.05, 3.63) is 23.8 Å². The minimum Gasteiger partial charge on any atom is -0.486 e. The highest BCUT2D eigenvalue weighted by Crippen LogP contribution is 2.31. The predicted octanol–water partition coefficient (Wildman–Crippen LogP) is 3.44. The normalized spacial score (nSPS) is 15.9. The summed E-state index contributed by atoms with van der Waals surface area (Å²) in [5.41, 5.74) is 1.35. The summed E-state index contributed by atoms with van der Waals surface area (Å²) in [5, 5.41) is 0. The van der Waals surface area contributed by atoms with Crippen molar-refractivity contribution in [1.29, 1.82) is 0 Å². The van der Waals surface area contributed by atoms with Crippen LogP contribution in [0.25, 0.3) is 0 Å². The van der Waals surface area contributed by atoms with Crippen molar-refractivity contribution in [1.82, 2.24) is 0 Å². The fourth-order valence-corrected chi connectivity index (χ4v) is 1.86. The summed E-state index contributed by atoms with van der Waals surface area (Å²) in [7, 11) is 0. The molecule has 0 aliphatic carbocycles. The van der Waals surface area contributed by atoms with Crippen LogP contribution in [0.2, 0.25) is 0 Å². The SMILES string of the molecule is CCC(C)CCc1ccc2c(c1)OCCO2. The molecule has 0 bridgehead atoms. The summed E-state index contributed by atoms with van der Waals surface area (Å²) in [5.74, 6) is 2.60. The molecule has 0 spiro atoms. The van der Waals surface area contributed by atoms with Gasteiger partial charge in [-0.3, -0.25) is 0 Å². The van der Waals surface area contributed by atoms with Crippen molar-refractivity contribution in [2.24, 2.45) is 5.92 Å². The molecule has 1 aromatic carbocycles. The molecule has 0 aromatic heterocycles. The average molecular weight is 220 g/mol. The van der Waals surface area contributed by atoms with Crippen LogP contribution in [0.1, 0.15) is 32.3 Å². The molecule has 88 valence electrons. The fourth-order valence-electron chi connectivity index (χ4n) is 1.86. The summed E-state index contributed by atoms with van der Waals surface area (Å²) >= 11 is 0. The molecular formula is C14H20O2. The Labute approximate surface area is 97.6 Å². The van der Waals surface area contributed by atoms with Gasteiger partial charge in [-0.25, -0.2) is 0 Å². The van der Waals surface area contributed by atoms with Crippen molar-refractivity contribution < 1.29 is 9.47 Å². The summed E-state index contributed by atoms with van der Waals surface area (Å²) in [6.07, 6.45) is 3.63. The summed E-state index contributed by atoms with van der Waals surface area (Å²) in [6, 6.07) is 6.30. The Morgan fingerprint density at radius 1 is 1.19 bits per heavy atom. The van der Waals surface area contributed by atoms with Crippen LogP contribution in [-0.2, 0) is 6.42 Å². The third-order valence-corrected chi connectivity index (χ3v) is 3.23. The van der Waals surface area contributed by atoms with E-state index in [1.807, 2.05) is 6.07 Å². The van der Waals surface area contributed by atoms with Crippen molar-refractivity contribution in [2.45, 2.75) is 33.1 Å². The maximum atomic E-state index is 5.57. The predicted molar refractivity (Wildman–Crippen MR) is 65.2 cm³/mol. The van der Waals surface area contributed by atoms with Crippen LogP contribution in [0.5, 0.6) is 11.5 Å². The first kappa shape index (κ1) is 11.3. The van der Waals surface area contributed by atoms with Gasteiger partial charge in [0.1, 0.15) is 13.2 Å². The molecule has 2 rings (SSSR count). The number of aryl methyl sites for hydroxylation is 1. The van der Waals surface area contributed by atoms with Crippen LogP contribution in [0, 0.1) is 5.92 Å². The van der Waals surface area contributed by atoms with Gasteiger partial charge in [0, 0.05) is 0 Å². The lowest BCUT2D eigenvalue weighted by molar-refractivity contribution is 0.171. The first-order chi connectivity index (χ1) is 7.79. The Bertz CT molecular complexity index is 347. The van der Waals surface area contributed by atoms with E-state index in [1.165, 1.54) is 18.4 Å². The molecule has 1 aliphatic rings. The van der Waals surface area contributed by atoms with E-state index in [0.29, 0.717) is 13.2 Å². The van der Waals surface area contributed by atoms with Gasteiger partial charge < -0.3 is 9.47 Å². The molecule has 1 atom stereocenters. The molecule has 2 nitrogen and oxygen atoms in total. The highest BCUT2D eigenvalue weighted by molar-refractivity contribution is 5.43. The number of rotatable bonds is 4. The van der Waals surface area contributed by atoms with Gasteiger partial charge in [0.25, 0.3) is 0 Å². The second-order valence-electron chi connectivity index (χ2n) is 4.53. The van der Waals surface area contributed by atoms with Crippen LogP contribution >= 0.6 is 0 Å². The van der Waals surface area contributed by atoms with E-state index in [-0.39, 0.29) is 0 Å². The van der Waals surface area contributed by atoms with Gasteiger partial charge in [0.2, 0.25) is 0 Å². The van der Waals surface area contributed by atoms with Crippen LogP contribution < -0.4 is 9.47 Å². The van der Waals surface area contributed by atoms with Gasteiger partial charge in [-0.2, -0.15) is 0 Å². The topological polar surface area (TPSA) is 18.5 Å². The summed E-state index contributed by atoms with van der Waals surface area (Å²) in [4.78, 5) is 0. The van der Waals surface area contributed by atoms with Gasteiger partial charge in [0.05, 0.1) is 0 Å². The molecule has 0 N–H and O–H groups in total. The van der Waals surface area contributed by atoms with Gasteiger partial charge in [-0.05, 0) is 36.5 Å². The lowest BCUT2D eigenvalue weighted by Gasteiger charge is -2.19. The molecule has 1 aliphatic heterocycles. The summed E-state index contributed by atoms with van der Waals surface area (Å²) < 4.78 is 11.1. The number of hydrogen-bond acceptors (Lipinski definition) is 2. The number of benzene rings is 1. The molecule has 1 unspecified atom stereocenters. The van der Waals surface area contributed by atoms with Crippen LogP contribution in [-0.4, -0.2) is 13.2 Å². The van der Waals surface area contributed by atoms with Crippen LogP contribution in [0.3, 0.4) is 0 Å². The van der Waals surface area contributed by atoms with Crippen LogP contribution in [0.15, 0.2) is 18.2 Å². The zero-order valence-electron chi connectivity index (χ0n) is 10.2. The second-order valence-corrected chi connectivity index (χ2v) is 4.53. The van der Waals surface area contributed by atoms with E-state index in [0.717, 1.165) is 23.8 Å². The van der Waals surface area contributed by atoms with E-state index in [9.17, 15) is 0 Å². The smallest absolute Gasteiger partial charge is 0.161 e. The van der Waals surface area contributed by atoms with Crippen molar-refractivity contribution >= 4 is 0 Å². The van der Waals surface area contributed by atoms with Gasteiger partial charge in [0.15, 0.2) is 11.5 Å². The zero-order valence-corrected chi connectivity index (χ0v) is 10.2. The second kappa shape index (κ2) is 5.24. The molecule has 0 saturated carbocycles. The maximum Gasteiger partial charge on any atom is 0.161 e. The molecule has 1 heterocycles. The standard InChI is InChI=1S/C14H20O2/c1-3-11(2)4-5-12-6-7-13-14(10-12)16-9-8-15-13/h6-7,10-11H,3-5,8-9H2,1-2H3. The molecule has 16 heavy (non-hydrogen) atoms. The highest BCUT2D eigenvalue weighted by atomic mass is 16.6. The molecule has 0 amide bonds. The summed E-state index contributed by atoms with van der Waals surface area (Å²) in [6.45, 7) is 5.88. The van der Waals surface area contributed by atoms with E-state index in [2.05, 4.69) is 26.0 Å². The van der Waals surface area contributed by atoms with Crippen molar-refractivity contribution in [3.8, 4) is 11.5 Å². The fraction of sp³-hybridized carbons (Fsp3) is 0.571. The lowest BCUT2D eigenvalue weighted by atomic mass is 9.99. The Hall–Kier alpha value is -1.18. The monoisotopic (exact) mass is 220 g/mol. The molecule has 1 aromatic rings. The van der Waals surface area contributed by atoms with Crippen molar-refractivity contribution in [2.75, 3.05) is 13.2 Å². The first-order valence-corrected chi connectivity index (χ1v) is 6.18. The average Bonchev–Trinajstić information content (AvgIpc) is 2.35. The quantitative estimate of drug-likeness (QED) is 0.774. The van der Waals surface area contributed by atoms with E-state index < -0.39 is 0 Å². The first-order valence-electron chi connectivity index (χ1n) is 6.18. The van der Waals surface area contributed by atoms with E-state index in [1.54, 1.807) is 0 Å². The van der Waals surface area contributed by atoms with Gasteiger partial charge in [-0.15, -0.1) is 0 Å². The molecule has 0 radical (unpaired) electrons. The van der Waals surface area contributed by atoms with E-state index in [4.69, 9.17) is 9.47 Å². The Balaban J connectivity index is 2.00. The molecule has 0 fully saturated rings. The van der Waals surface area contributed by atoms with Gasteiger partial charge in [-0.1, -0.05) is 26.3 Å². The lowest BCUT2D eigenvalue weighted by Crippen LogP contribution is -2.15. The van der Waals surface area contributed by atoms with E-state index >= 15 is 0 Å². The molecule has 2 heteroatoms. The van der Waals surface area contributed by atoms with Crippen LogP contribution in [0.4, 0.5) is 0 Å². The minimum absolute atomic E-state index is 0.666. The number of fused-ring (bicyclic) bond motifs is 1. The largest absolute Gasteiger partial charge is 0.486 e. The molecule has 0 saturated heterocycles.